The lowest BCUT2D eigenvalue weighted by atomic mass is 9.74. The molecule has 0 spiro atoms. The molecule has 9 heteroatoms. The van der Waals surface area contributed by atoms with E-state index < -0.39 is 12.1 Å². The summed E-state index contributed by atoms with van der Waals surface area (Å²) in [7, 11) is 4.17. The van der Waals surface area contributed by atoms with Crippen molar-refractivity contribution in [2.45, 2.75) is 101 Å². The predicted octanol–water partition coefficient (Wildman–Crippen LogP) is 1.48. The first-order valence-electron chi connectivity index (χ1n) is 13.7. The van der Waals surface area contributed by atoms with Gasteiger partial charge in [0.25, 0.3) is 0 Å². The van der Waals surface area contributed by atoms with Gasteiger partial charge in [-0.1, -0.05) is 26.7 Å². The lowest BCUT2D eigenvalue weighted by Crippen LogP contribution is -2.61. The van der Waals surface area contributed by atoms with Crippen LogP contribution in [0.25, 0.3) is 0 Å². The van der Waals surface area contributed by atoms with E-state index in [-0.39, 0.29) is 34.9 Å². The van der Waals surface area contributed by atoms with Crippen molar-refractivity contribution in [3.05, 3.63) is 0 Å². The summed E-state index contributed by atoms with van der Waals surface area (Å²) in [5.41, 5.74) is 12.7. The molecule has 2 saturated heterocycles. The number of amides is 1. The molecule has 3 rings (SSSR count). The van der Waals surface area contributed by atoms with E-state index in [0.29, 0.717) is 19.2 Å². The average Bonchev–Trinajstić information content (AvgIpc) is 3.23. The summed E-state index contributed by atoms with van der Waals surface area (Å²) in [6, 6.07) is 0.236. The number of rotatable bonds is 8. The Bertz CT molecular complexity index is 722. The van der Waals surface area contributed by atoms with Crippen LogP contribution in [0, 0.1) is 11.3 Å². The molecule has 2 fully saturated rings. The Balaban J connectivity index is 1.74. The number of carbonyl (C=O) groups is 1. The fourth-order valence-corrected chi connectivity index (χ4v) is 6.44. The Morgan fingerprint density at radius 1 is 1.34 bits per heavy atom. The number of nitrogens with two attached hydrogens (primary N) is 2. The number of likely N-dealkylation sites (tertiary alicyclic amines) is 1. The van der Waals surface area contributed by atoms with Crippen molar-refractivity contribution < 1.29 is 14.1 Å². The molecule has 3 aliphatic heterocycles. The van der Waals surface area contributed by atoms with Crippen molar-refractivity contribution in [2.24, 2.45) is 22.8 Å². The maximum absolute atomic E-state index is 13.8. The van der Waals surface area contributed by atoms with Crippen LogP contribution in [-0.2, 0) is 9.53 Å². The van der Waals surface area contributed by atoms with E-state index in [0.717, 1.165) is 51.6 Å². The minimum atomic E-state index is -0.769. The summed E-state index contributed by atoms with van der Waals surface area (Å²) in [5, 5.41) is 6.64. The maximum Gasteiger partial charge on any atom is 0.233 e. The van der Waals surface area contributed by atoms with Crippen LogP contribution in [0.1, 0.15) is 65.2 Å². The quantitative estimate of drug-likeness (QED) is 0.222. The highest BCUT2D eigenvalue weighted by Gasteiger charge is 2.44. The van der Waals surface area contributed by atoms with Crippen molar-refractivity contribution in [1.82, 2.24) is 15.5 Å². The van der Waals surface area contributed by atoms with E-state index in [2.05, 4.69) is 41.0 Å². The van der Waals surface area contributed by atoms with Crippen LogP contribution in [0.5, 0.6) is 0 Å². The van der Waals surface area contributed by atoms with Gasteiger partial charge in [-0.05, 0) is 57.7 Å². The van der Waals surface area contributed by atoms with E-state index >= 15 is 0 Å². The molecule has 0 radical (unpaired) electrons. The first-order chi connectivity index (χ1) is 16.6. The Hall–Kier alpha value is -0.770. The minimum absolute atomic E-state index is 0.0122. The molecule has 7 atom stereocenters. The van der Waals surface area contributed by atoms with E-state index in [9.17, 15) is 4.79 Å². The van der Waals surface area contributed by atoms with Gasteiger partial charge >= 0.3 is 0 Å². The van der Waals surface area contributed by atoms with Gasteiger partial charge in [0.2, 0.25) is 5.91 Å². The molecule has 0 saturated carbocycles. The molecule has 35 heavy (non-hydrogen) atoms. The van der Waals surface area contributed by atoms with Gasteiger partial charge in [0, 0.05) is 19.0 Å². The molecular formula is C26H50ClN6O2+. The second-order valence-corrected chi connectivity index (χ2v) is 12.1. The van der Waals surface area contributed by atoms with Crippen LogP contribution < -0.4 is 22.1 Å². The van der Waals surface area contributed by atoms with Crippen LogP contribution in [0.15, 0.2) is 0 Å². The molecule has 0 aliphatic carbocycles. The summed E-state index contributed by atoms with van der Waals surface area (Å²) in [5.74, 6) is -0.637. The highest BCUT2D eigenvalue weighted by Crippen LogP contribution is 2.37. The second-order valence-electron chi connectivity index (χ2n) is 11.5. The smallest absolute Gasteiger partial charge is 0.233 e. The van der Waals surface area contributed by atoms with E-state index in [1.807, 2.05) is 13.3 Å². The van der Waals surface area contributed by atoms with Crippen LogP contribution in [0.3, 0.4) is 0 Å². The van der Waals surface area contributed by atoms with Crippen molar-refractivity contribution in [2.75, 3.05) is 40.3 Å². The standard InChI is InChI=1S/C26H49ClN6O2/c1-5-26(2)11-6-8-18(27)16-33(4)21(14-26)23(24(28)29)25(34)31-20-15-30-12-10-22(20)35-17-19-9-7-13-32(19)3/h16,18-24,30H,5-15,17,28-29H2,1-4H3/p+1. The van der Waals surface area contributed by atoms with Gasteiger partial charge in [-0.3, -0.25) is 4.79 Å². The number of alkyl halides is 1. The molecule has 7 unspecified atom stereocenters. The number of nitrogens with zero attached hydrogens (tertiary/aromatic N) is 2. The lowest BCUT2D eigenvalue weighted by molar-refractivity contribution is -0.545. The Morgan fingerprint density at radius 2 is 2.11 bits per heavy atom. The minimum Gasteiger partial charge on any atom is -0.374 e. The third-order valence-electron chi connectivity index (χ3n) is 8.79. The molecule has 0 aromatic rings. The van der Waals surface area contributed by atoms with Gasteiger partial charge < -0.3 is 31.7 Å². The van der Waals surface area contributed by atoms with Gasteiger partial charge in [-0.15, -0.1) is 11.6 Å². The fraction of sp³-hybridized carbons (Fsp3) is 0.923. The number of ether oxygens (including phenoxy) is 1. The van der Waals surface area contributed by atoms with Crippen LogP contribution in [0.4, 0.5) is 0 Å². The van der Waals surface area contributed by atoms with Gasteiger partial charge in [0.1, 0.15) is 18.3 Å². The highest BCUT2D eigenvalue weighted by atomic mass is 35.5. The van der Waals surface area contributed by atoms with Crippen LogP contribution >= 0.6 is 11.6 Å². The Labute approximate surface area is 217 Å². The Kier molecular flexibility index (Phi) is 10.8. The van der Waals surface area contributed by atoms with Gasteiger partial charge in [0.15, 0.2) is 12.3 Å². The zero-order valence-corrected chi connectivity index (χ0v) is 23.1. The molecule has 6 N–H and O–H groups in total. The van der Waals surface area contributed by atoms with Crippen LogP contribution in [-0.4, -0.2) is 97.7 Å². The molecule has 1 amide bonds. The summed E-state index contributed by atoms with van der Waals surface area (Å²) in [6.45, 7) is 7.96. The van der Waals surface area contributed by atoms with E-state index in [1.165, 1.54) is 12.8 Å². The summed E-state index contributed by atoms with van der Waals surface area (Å²) < 4.78 is 8.49. The van der Waals surface area contributed by atoms with Gasteiger partial charge in [0.05, 0.1) is 24.9 Å². The van der Waals surface area contributed by atoms with E-state index in [1.54, 1.807) is 0 Å². The van der Waals surface area contributed by atoms with Crippen molar-refractivity contribution in [1.29, 1.82) is 0 Å². The number of nitrogens with one attached hydrogen (secondary N) is 2. The normalized spacial score (nSPS) is 36.2. The molecule has 3 heterocycles. The number of carbonyl (C=O) groups excluding carboxylic acids is 1. The molecule has 3 aliphatic rings. The first-order valence-corrected chi connectivity index (χ1v) is 14.1. The number of hydrogen-bond acceptors (Lipinski definition) is 6. The molecular weight excluding hydrogens is 464 g/mol. The zero-order valence-electron chi connectivity index (χ0n) is 22.3. The van der Waals surface area contributed by atoms with Crippen molar-refractivity contribution in [3.63, 3.8) is 0 Å². The van der Waals surface area contributed by atoms with Crippen LogP contribution in [0.2, 0.25) is 0 Å². The van der Waals surface area contributed by atoms with Gasteiger partial charge in [-0.25, -0.2) is 4.58 Å². The topological polar surface area (TPSA) is 109 Å². The Morgan fingerprint density at radius 3 is 2.77 bits per heavy atom. The molecule has 0 aromatic carbocycles. The largest absolute Gasteiger partial charge is 0.374 e. The van der Waals surface area contributed by atoms with Crippen molar-refractivity contribution in [3.8, 4) is 0 Å². The molecule has 202 valence electrons. The fourth-order valence-electron chi connectivity index (χ4n) is 6.10. The summed E-state index contributed by atoms with van der Waals surface area (Å²) in [6.07, 6.45) is 9.50. The lowest BCUT2D eigenvalue weighted by Gasteiger charge is -2.37. The third-order valence-corrected chi connectivity index (χ3v) is 9.12. The predicted molar refractivity (Wildman–Crippen MR) is 143 cm³/mol. The summed E-state index contributed by atoms with van der Waals surface area (Å²) in [4.78, 5) is 16.2. The number of halogens is 1. The molecule has 8 nitrogen and oxygen atoms in total. The van der Waals surface area contributed by atoms with Crippen molar-refractivity contribution >= 4 is 23.7 Å². The second kappa shape index (κ2) is 13.2. The zero-order chi connectivity index (χ0) is 25.6. The van der Waals surface area contributed by atoms with Gasteiger partial charge in [-0.2, -0.15) is 0 Å². The third kappa shape index (κ3) is 7.86. The maximum atomic E-state index is 13.8. The average molecular weight is 514 g/mol. The number of piperidine rings is 1. The number of likely N-dealkylation sites (N-methyl/N-ethyl adjacent to an activating group) is 1. The van der Waals surface area contributed by atoms with E-state index in [4.69, 9.17) is 27.8 Å². The SMILES string of the molecule is CCC1(C)CCCC(Cl)C=[N+](C)C(C(C(=O)NC2CNCCC2OCC2CCCN2C)C(N)N)C1. The first kappa shape index (κ1) is 28.8. The molecule has 0 aromatic heterocycles. The summed E-state index contributed by atoms with van der Waals surface area (Å²) >= 11 is 6.61. The highest BCUT2D eigenvalue weighted by molar-refractivity contribution is 6.27. The molecule has 0 bridgehead atoms. The monoisotopic (exact) mass is 513 g/mol. The number of hydrogen-bond donors (Lipinski definition) is 4.